The minimum Gasteiger partial charge on any atom is -0.484 e. The zero-order valence-corrected chi connectivity index (χ0v) is 11.4. The van der Waals surface area contributed by atoms with Crippen molar-refractivity contribution in [3.8, 4) is 0 Å². The number of rotatable bonds is 2. The van der Waals surface area contributed by atoms with Gasteiger partial charge in [-0.25, -0.2) is 0 Å². The predicted octanol–water partition coefficient (Wildman–Crippen LogP) is 3.70. The second kappa shape index (κ2) is 4.74. The van der Waals surface area contributed by atoms with Crippen LogP contribution in [0.3, 0.4) is 0 Å². The number of benzene rings is 1. The van der Waals surface area contributed by atoms with Crippen molar-refractivity contribution >= 4 is 11.9 Å². The lowest BCUT2D eigenvalue weighted by Crippen LogP contribution is -2.20. The quantitative estimate of drug-likeness (QED) is 0.607. The first-order valence-electron chi connectivity index (χ1n) is 7.07. The highest BCUT2D eigenvalue weighted by molar-refractivity contribution is 5.87. The fourth-order valence-corrected chi connectivity index (χ4v) is 3.19. The van der Waals surface area contributed by atoms with Crippen LogP contribution in [-0.2, 0) is 9.53 Å². The molecule has 4 rings (SSSR count). The van der Waals surface area contributed by atoms with Gasteiger partial charge in [0.2, 0.25) is 0 Å². The summed E-state index contributed by atoms with van der Waals surface area (Å²) in [6.45, 7) is 0. The van der Waals surface area contributed by atoms with E-state index in [9.17, 15) is 4.79 Å². The average Bonchev–Trinajstić information content (AvgIpc) is 2.84. The van der Waals surface area contributed by atoms with Gasteiger partial charge in [-0.05, 0) is 34.9 Å². The molecule has 2 atom stereocenters. The smallest absolute Gasteiger partial charge is 0.142 e. The molecule has 0 fully saturated rings. The molecule has 0 saturated carbocycles. The van der Waals surface area contributed by atoms with Gasteiger partial charge in [0.25, 0.3) is 0 Å². The van der Waals surface area contributed by atoms with E-state index in [1.165, 1.54) is 17.2 Å². The molecule has 2 aliphatic carbocycles. The van der Waals surface area contributed by atoms with Gasteiger partial charge in [0.1, 0.15) is 18.1 Å². The fourth-order valence-electron chi connectivity index (χ4n) is 3.19. The van der Waals surface area contributed by atoms with E-state index in [-0.39, 0.29) is 12.0 Å². The molecule has 0 saturated heterocycles. The minimum atomic E-state index is -0.0183. The third-order valence-corrected chi connectivity index (χ3v) is 4.10. The van der Waals surface area contributed by atoms with Gasteiger partial charge in [0, 0.05) is 5.57 Å². The summed E-state index contributed by atoms with van der Waals surface area (Å²) in [4.78, 5) is 10.7. The lowest BCUT2D eigenvalue weighted by atomic mass is 9.91. The van der Waals surface area contributed by atoms with Crippen molar-refractivity contribution < 1.29 is 9.53 Å². The van der Waals surface area contributed by atoms with Crippen LogP contribution in [0.1, 0.15) is 17.0 Å². The molecule has 0 aromatic heterocycles. The van der Waals surface area contributed by atoms with E-state index in [4.69, 9.17) is 4.74 Å². The van der Waals surface area contributed by atoms with E-state index < -0.39 is 0 Å². The van der Waals surface area contributed by atoms with Crippen LogP contribution in [0.5, 0.6) is 0 Å². The van der Waals surface area contributed by atoms with Gasteiger partial charge < -0.3 is 4.74 Å². The molecule has 0 unspecified atom stereocenters. The van der Waals surface area contributed by atoms with Crippen molar-refractivity contribution in [2.24, 2.45) is 0 Å². The van der Waals surface area contributed by atoms with Crippen molar-refractivity contribution in [2.45, 2.75) is 12.0 Å². The molecule has 1 aliphatic heterocycles. The number of fused-ring (bicyclic) bond motifs is 4. The molecule has 0 N–H and O–H groups in total. The third-order valence-electron chi connectivity index (χ3n) is 4.10. The van der Waals surface area contributed by atoms with Crippen LogP contribution < -0.4 is 0 Å². The van der Waals surface area contributed by atoms with E-state index in [1.807, 2.05) is 30.4 Å². The van der Waals surface area contributed by atoms with Crippen molar-refractivity contribution in [1.29, 1.82) is 0 Å². The van der Waals surface area contributed by atoms with Crippen LogP contribution in [-0.4, -0.2) is 12.4 Å². The first-order chi connectivity index (χ1) is 10.4. The SMILES string of the molecule is O=C/C=C/C1=C2O[C@H]3C=CC=CC3=C[C@H]2c2ccccc21. The molecular formula is C19H14O2. The Kier molecular flexibility index (Phi) is 2.74. The van der Waals surface area contributed by atoms with Crippen molar-refractivity contribution in [3.63, 3.8) is 0 Å². The zero-order valence-electron chi connectivity index (χ0n) is 11.4. The number of aldehydes is 1. The second-order valence-electron chi connectivity index (χ2n) is 5.29. The number of hydrogen-bond donors (Lipinski definition) is 0. The maximum Gasteiger partial charge on any atom is 0.142 e. The normalized spacial score (nSPS) is 25.2. The van der Waals surface area contributed by atoms with Crippen LogP contribution in [0, 0.1) is 0 Å². The third kappa shape index (κ3) is 1.83. The van der Waals surface area contributed by atoms with Gasteiger partial charge in [0.05, 0.1) is 5.92 Å². The van der Waals surface area contributed by atoms with E-state index >= 15 is 0 Å². The largest absolute Gasteiger partial charge is 0.484 e. The number of ether oxygens (including phenoxy) is 1. The molecule has 0 spiro atoms. The number of hydrogen-bond acceptors (Lipinski definition) is 2. The molecule has 0 radical (unpaired) electrons. The summed E-state index contributed by atoms with van der Waals surface area (Å²) in [7, 11) is 0. The topological polar surface area (TPSA) is 26.3 Å². The van der Waals surface area contributed by atoms with Crippen molar-refractivity contribution in [3.05, 3.63) is 89.3 Å². The zero-order chi connectivity index (χ0) is 14.2. The van der Waals surface area contributed by atoms with Gasteiger partial charge in [0.15, 0.2) is 0 Å². The first kappa shape index (κ1) is 12.2. The maximum atomic E-state index is 10.7. The van der Waals surface area contributed by atoms with Gasteiger partial charge in [-0.15, -0.1) is 0 Å². The number of carbonyl (C=O) groups is 1. The highest BCUT2D eigenvalue weighted by atomic mass is 16.5. The standard InChI is InChI=1S/C19H14O2/c20-11-5-9-16-14-7-2-3-8-15(14)17-12-13-6-1-4-10-18(13)21-19(16)17/h1-12,17-18H/b9-5+/t17-,18-/m0/s1. The fraction of sp³-hybridized carbons (Fsp3) is 0.105. The van der Waals surface area contributed by atoms with Crippen LogP contribution in [0.25, 0.3) is 5.57 Å². The minimum absolute atomic E-state index is 0.0183. The second-order valence-corrected chi connectivity index (χ2v) is 5.29. The molecule has 1 heterocycles. The summed E-state index contributed by atoms with van der Waals surface area (Å²) in [5, 5.41) is 0. The van der Waals surface area contributed by atoms with E-state index in [1.54, 1.807) is 0 Å². The molecule has 2 heteroatoms. The molecule has 1 aromatic carbocycles. The Balaban J connectivity index is 1.90. The Morgan fingerprint density at radius 3 is 2.95 bits per heavy atom. The van der Waals surface area contributed by atoms with E-state index in [0.717, 1.165) is 23.2 Å². The molecule has 21 heavy (non-hydrogen) atoms. The monoisotopic (exact) mass is 274 g/mol. The molecule has 0 bridgehead atoms. The molecule has 3 aliphatic rings. The van der Waals surface area contributed by atoms with Crippen LogP contribution in [0.4, 0.5) is 0 Å². The summed E-state index contributed by atoms with van der Waals surface area (Å²) in [5.41, 5.74) is 4.61. The van der Waals surface area contributed by atoms with Crippen LogP contribution >= 0.6 is 0 Å². The van der Waals surface area contributed by atoms with Crippen LogP contribution in [0.2, 0.25) is 0 Å². The first-order valence-corrected chi connectivity index (χ1v) is 7.07. The van der Waals surface area contributed by atoms with E-state index in [0.29, 0.717) is 0 Å². The maximum absolute atomic E-state index is 10.7. The molecular weight excluding hydrogens is 260 g/mol. The van der Waals surface area contributed by atoms with Crippen molar-refractivity contribution in [2.75, 3.05) is 0 Å². The van der Waals surface area contributed by atoms with Gasteiger partial charge in [-0.2, -0.15) is 0 Å². The summed E-state index contributed by atoms with van der Waals surface area (Å²) < 4.78 is 6.21. The molecule has 102 valence electrons. The summed E-state index contributed by atoms with van der Waals surface area (Å²) in [5.74, 6) is 1.10. The van der Waals surface area contributed by atoms with Crippen molar-refractivity contribution in [1.82, 2.24) is 0 Å². The Bertz CT molecular complexity index is 760. The Hall–Kier alpha value is -2.61. The molecule has 1 aromatic rings. The highest BCUT2D eigenvalue weighted by Crippen LogP contribution is 2.48. The predicted molar refractivity (Wildman–Crippen MR) is 82.5 cm³/mol. The summed E-state index contributed by atoms with van der Waals surface area (Å²) in [6.07, 6.45) is 14.6. The van der Waals surface area contributed by atoms with E-state index in [2.05, 4.69) is 30.4 Å². The molecule has 2 nitrogen and oxygen atoms in total. The number of carbonyl (C=O) groups excluding carboxylic acids is 1. The Morgan fingerprint density at radius 1 is 1.14 bits per heavy atom. The lowest BCUT2D eigenvalue weighted by Gasteiger charge is -2.29. The molecule has 0 amide bonds. The average molecular weight is 274 g/mol. The highest BCUT2D eigenvalue weighted by Gasteiger charge is 2.35. The van der Waals surface area contributed by atoms with Crippen LogP contribution in [0.15, 0.2) is 78.1 Å². The summed E-state index contributed by atoms with van der Waals surface area (Å²) >= 11 is 0. The summed E-state index contributed by atoms with van der Waals surface area (Å²) in [6, 6.07) is 8.28. The number of allylic oxidation sites excluding steroid dienone is 6. The van der Waals surface area contributed by atoms with Gasteiger partial charge in [-0.1, -0.05) is 48.6 Å². The van der Waals surface area contributed by atoms with Gasteiger partial charge in [-0.3, -0.25) is 4.79 Å². The Morgan fingerprint density at radius 2 is 2.05 bits per heavy atom. The Labute approximate surface area is 123 Å². The lowest BCUT2D eigenvalue weighted by molar-refractivity contribution is -0.104. The van der Waals surface area contributed by atoms with Gasteiger partial charge >= 0.3 is 0 Å².